The summed E-state index contributed by atoms with van der Waals surface area (Å²) in [6, 6.07) is 7.48. The molecule has 6 atom stereocenters. The smallest absolute Gasteiger partial charge is 0.249 e. The molecule has 0 bridgehead atoms. The summed E-state index contributed by atoms with van der Waals surface area (Å²) in [7, 11) is 0. The normalized spacial score (nSPS) is 33.7. The van der Waals surface area contributed by atoms with Crippen molar-refractivity contribution in [2.45, 2.75) is 69.9 Å². The zero-order valence-corrected chi connectivity index (χ0v) is 23.0. The number of benzene rings is 1. The molecule has 1 aromatic carbocycles. The fourth-order valence-corrected chi connectivity index (χ4v) is 6.95. The summed E-state index contributed by atoms with van der Waals surface area (Å²) >= 11 is 0. The van der Waals surface area contributed by atoms with E-state index in [0.29, 0.717) is 19.6 Å². The fraction of sp³-hybridized carbons (Fsp3) is 0.567. The topological polar surface area (TPSA) is 90.4 Å². The van der Waals surface area contributed by atoms with Crippen LogP contribution >= 0.6 is 0 Å². The fourth-order valence-electron chi connectivity index (χ4n) is 6.95. The van der Waals surface area contributed by atoms with Crippen molar-refractivity contribution in [3.8, 4) is 0 Å². The van der Waals surface area contributed by atoms with Crippen LogP contribution in [0.2, 0.25) is 0 Å². The molecule has 1 spiro atoms. The molecule has 8 nitrogen and oxygen atoms in total. The lowest BCUT2D eigenvalue weighted by Gasteiger charge is -2.43. The Balaban J connectivity index is 1.71. The van der Waals surface area contributed by atoms with Crippen molar-refractivity contribution < 1.29 is 24.2 Å². The Morgan fingerprint density at radius 3 is 2.32 bits per heavy atom. The summed E-state index contributed by atoms with van der Waals surface area (Å²) in [5.41, 5.74) is -2.18. The monoisotopic (exact) mass is 521 g/mol. The first-order valence-corrected chi connectivity index (χ1v) is 13.6. The van der Waals surface area contributed by atoms with E-state index in [0.717, 1.165) is 12.0 Å². The second-order valence-electron chi connectivity index (χ2n) is 12.1. The molecular formula is C30H39N3O5. The maximum atomic E-state index is 14.6. The third kappa shape index (κ3) is 3.83. The number of fused-ring (bicyclic) bond motifs is 2. The van der Waals surface area contributed by atoms with Crippen molar-refractivity contribution in [3.05, 3.63) is 60.2 Å². The number of nitrogens with zero attached hydrogens (tertiary/aromatic N) is 3. The van der Waals surface area contributed by atoms with E-state index in [1.165, 1.54) is 4.90 Å². The van der Waals surface area contributed by atoms with Gasteiger partial charge in [-0.25, -0.2) is 0 Å². The van der Waals surface area contributed by atoms with Gasteiger partial charge in [0.05, 0.1) is 30.1 Å². The van der Waals surface area contributed by atoms with Crippen LogP contribution in [0.3, 0.4) is 0 Å². The Bertz CT molecular complexity index is 1170. The van der Waals surface area contributed by atoms with Gasteiger partial charge in [-0.1, -0.05) is 61.6 Å². The van der Waals surface area contributed by atoms with E-state index >= 15 is 0 Å². The Hall–Kier alpha value is -2.97. The summed E-state index contributed by atoms with van der Waals surface area (Å²) in [5, 5.41) is 10.6. The molecule has 38 heavy (non-hydrogen) atoms. The Morgan fingerprint density at radius 1 is 1.00 bits per heavy atom. The summed E-state index contributed by atoms with van der Waals surface area (Å²) in [5.74, 6) is -2.39. The zero-order chi connectivity index (χ0) is 27.5. The largest absolute Gasteiger partial charge is 0.394 e. The van der Waals surface area contributed by atoms with Gasteiger partial charge in [-0.05, 0) is 39.7 Å². The molecule has 0 aromatic heterocycles. The Morgan fingerprint density at radius 2 is 1.68 bits per heavy atom. The predicted molar refractivity (Wildman–Crippen MR) is 143 cm³/mol. The van der Waals surface area contributed by atoms with Gasteiger partial charge < -0.3 is 24.5 Å². The van der Waals surface area contributed by atoms with Crippen LogP contribution in [0.5, 0.6) is 0 Å². The molecule has 1 aromatic rings. The Labute approximate surface area is 224 Å². The van der Waals surface area contributed by atoms with Gasteiger partial charge >= 0.3 is 0 Å². The van der Waals surface area contributed by atoms with Crippen molar-refractivity contribution in [1.82, 2.24) is 14.7 Å². The summed E-state index contributed by atoms with van der Waals surface area (Å²) in [4.78, 5) is 48.2. The molecule has 3 amide bonds. The number of hydrogen-bond donors (Lipinski definition) is 1. The van der Waals surface area contributed by atoms with Crippen LogP contribution in [0.1, 0.15) is 52.6 Å². The van der Waals surface area contributed by atoms with E-state index in [-0.39, 0.29) is 24.3 Å². The van der Waals surface area contributed by atoms with E-state index in [1.807, 2.05) is 89.3 Å². The second kappa shape index (κ2) is 9.35. The van der Waals surface area contributed by atoms with Gasteiger partial charge in [-0.15, -0.1) is 0 Å². The minimum Gasteiger partial charge on any atom is -0.394 e. The molecule has 0 aliphatic carbocycles. The molecule has 0 radical (unpaired) electrons. The molecule has 2 saturated heterocycles. The van der Waals surface area contributed by atoms with Gasteiger partial charge in [0.2, 0.25) is 17.7 Å². The highest BCUT2D eigenvalue weighted by Crippen LogP contribution is 2.59. The first-order chi connectivity index (χ1) is 18.0. The van der Waals surface area contributed by atoms with Gasteiger partial charge in [-0.3, -0.25) is 14.4 Å². The first-order valence-electron chi connectivity index (χ1n) is 13.6. The number of hydrogen-bond acceptors (Lipinski definition) is 5. The van der Waals surface area contributed by atoms with Crippen LogP contribution in [0.4, 0.5) is 0 Å². The highest BCUT2D eigenvalue weighted by atomic mass is 16.5. The second-order valence-corrected chi connectivity index (χ2v) is 12.1. The van der Waals surface area contributed by atoms with E-state index in [2.05, 4.69) is 0 Å². The highest BCUT2D eigenvalue weighted by molar-refractivity contribution is 6.00. The van der Waals surface area contributed by atoms with Crippen molar-refractivity contribution >= 4 is 17.7 Å². The predicted octanol–water partition coefficient (Wildman–Crippen LogP) is 2.70. The van der Waals surface area contributed by atoms with Crippen molar-refractivity contribution in [2.24, 2.45) is 11.8 Å². The number of carbonyl (C=O) groups is 3. The maximum Gasteiger partial charge on any atom is 0.249 e. The SMILES string of the molecule is CCCN1CC=C[C@@]2(C)O[C@]34C=CCN(C(C)(C)C)C(=O)C3N([C@H](CO)c3ccccc3)C(=O)[C@@H]4[C@H]2C1=O. The quantitative estimate of drug-likeness (QED) is 0.602. The molecular weight excluding hydrogens is 482 g/mol. The molecule has 4 heterocycles. The van der Waals surface area contributed by atoms with Crippen LogP contribution in [0.15, 0.2) is 54.6 Å². The average molecular weight is 522 g/mol. The molecule has 204 valence electrons. The molecule has 1 N–H and O–H groups in total. The minimum atomic E-state index is -1.34. The average Bonchev–Trinajstić information content (AvgIpc) is 3.13. The summed E-state index contributed by atoms with van der Waals surface area (Å²) in [6.45, 7) is 10.8. The maximum absolute atomic E-state index is 14.6. The van der Waals surface area contributed by atoms with Crippen molar-refractivity contribution in [2.75, 3.05) is 26.2 Å². The van der Waals surface area contributed by atoms with Crippen molar-refractivity contribution in [3.63, 3.8) is 0 Å². The van der Waals surface area contributed by atoms with Gasteiger partial charge in [0, 0.05) is 25.2 Å². The Kier molecular flexibility index (Phi) is 6.55. The molecule has 1 unspecified atom stereocenters. The van der Waals surface area contributed by atoms with E-state index in [1.54, 1.807) is 9.80 Å². The van der Waals surface area contributed by atoms with Crippen LogP contribution in [-0.2, 0) is 19.1 Å². The lowest BCUT2D eigenvalue weighted by atomic mass is 9.74. The van der Waals surface area contributed by atoms with Gasteiger partial charge in [0.25, 0.3) is 0 Å². The van der Waals surface area contributed by atoms with Crippen LogP contribution < -0.4 is 0 Å². The first kappa shape index (κ1) is 26.6. The van der Waals surface area contributed by atoms with Crippen molar-refractivity contribution in [1.29, 1.82) is 0 Å². The number of ether oxygens (including phenoxy) is 1. The van der Waals surface area contributed by atoms with Crippen LogP contribution in [0, 0.1) is 11.8 Å². The minimum absolute atomic E-state index is 0.131. The molecule has 0 saturated carbocycles. The third-order valence-electron chi connectivity index (χ3n) is 8.57. The van der Waals surface area contributed by atoms with Gasteiger partial charge in [0.15, 0.2) is 0 Å². The van der Waals surface area contributed by atoms with Gasteiger partial charge in [0.1, 0.15) is 11.6 Å². The molecule has 4 aliphatic rings. The van der Waals surface area contributed by atoms with E-state index in [9.17, 15) is 19.5 Å². The number of amides is 3. The molecule has 2 fully saturated rings. The summed E-state index contributed by atoms with van der Waals surface area (Å²) in [6.07, 6.45) is 8.39. The molecule has 5 rings (SSSR count). The molecule has 8 heteroatoms. The summed E-state index contributed by atoms with van der Waals surface area (Å²) < 4.78 is 6.88. The van der Waals surface area contributed by atoms with Gasteiger partial charge in [-0.2, -0.15) is 0 Å². The lowest BCUT2D eigenvalue weighted by molar-refractivity contribution is -0.158. The highest BCUT2D eigenvalue weighted by Gasteiger charge is 2.75. The third-order valence-corrected chi connectivity index (χ3v) is 8.57. The van der Waals surface area contributed by atoms with Crippen LogP contribution in [0.25, 0.3) is 0 Å². The standard InChI is InChI=1S/C30H39N3O5/c1-6-16-31-17-10-14-29(5)22(25(31)35)23-26(36)33(21(19-34)20-12-8-7-9-13-20)24-27(37)32(28(2,3)4)18-11-15-30(23,24)38-29/h7-15,21-24,34H,6,16-19H2,1-5H3/t21-,22+,23+,24?,29-,30+/m1/s1. The van der Waals surface area contributed by atoms with E-state index < -0.39 is 40.7 Å². The zero-order valence-electron chi connectivity index (χ0n) is 23.0. The number of rotatable bonds is 5. The molecule has 4 aliphatic heterocycles. The number of carbonyl (C=O) groups excluding carboxylic acids is 3. The van der Waals surface area contributed by atoms with Crippen LogP contribution in [-0.4, -0.2) is 86.6 Å². The van der Waals surface area contributed by atoms with E-state index in [4.69, 9.17) is 4.74 Å². The lowest BCUT2D eigenvalue weighted by Crippen LogP contribution is -2.59. The number of likely N-dealkylation sites (tertiary alicyclic amines) is 1. The number of aliphatic hydroxyl groups is 1. The number of aliphatic hydroxyl groups excluding tert-OH is 1.